The van der Waals surface area contributed by atoms with Crippen LogP contribution in [0.25, 0.3) is 0 Å². The van der Waals surface area contributed by atoms with Crippen LogP contribution in [0.4, 0.5) is 0 Å². The fraction of sp³-hybridized carbons (Fsp3) is 0.647. The van der Waals surface area contributed by atoms with E-state index in [4.69, 9.17) is 0 Å². The Morgan fingerprint density at radius 2 is 1.70 bits per heavy atom. The highest BCUT2D eigenvalue weighted by Crippen LogP contribution is 2.24. The van der Waals surface area contributed by atoms with Crippen molar-refractivity contribution in [2.75, 3.05) is 33.2 Å². The van der Waals surface area contributed by atoms with Gasteiger partial charge >= 0.3 is 0 Å². The largest absolute Gasteiger partial charge is 0.304 e. The van der Waals surface area contributed by atoms with Crippen LogP contribution >= 0.6 is 11.9 Å². The Kier molecular flexibility index (Phi) is 8.99. The minimum absolute atomic E-state index is 1.16. The molecule has 1 aromatic carbocycles. The molecule has 0 bridgehead atoms. The van der Waals surface area contributed by atoms with Crippen LogP contribution < -0.4 is 0 Å². The smallest absolute Gasteiger partial charge is 0.0232 e. The molecule has 0 unspecified atom stereocenters. The molecule has 20 heavy (non-hydrogen) atoms. The van der Waals surface area contributed by atoms with Gasteiger partial charge in [0.05, 0.1) is 0 Å². The first-order chi connectivity index (χ1) is 9.65. The number of nitrogens with zero attached hydrogens (tertiary/aromatic N) is 2. The van der Waals surface area contributed by atoms with Crippen LogP contribution in [0, 0.1) is 6.92 Å². The highest BCUT2D eigenvalue weighted by Gasteiger charge is 2.14. The van der Waals surface area contributed by atoms with Crippen molar-refractivity contribution < 1.29 is 0 Å². The number of likely N-dealkylation sites (N-methyl/N-ethyl adjacent to an activating group) is 1. The summed E-state index contributed by atoms with van der Waals surface area (Å²) in [6, 6.07) is 8.72. The first-order valence-electron chi connectivity index (χ1n) is 7.83. The third kappa shape index (κ3) is 7.32. The summed E-state index contributed by atoms with van der Waals surface area (Å²) in [4.78, 5) is 3.74. The number of aryl methyl sites for hydroxylation is 1. The van der Waals surface area contributed by atoms with E-state index in [9.17, 15) is 0 Å². The lowest BCUT2D eigenvalue weighted by molar-refractivity contribution is 0.233. The molecule has 1 aliphatic rings. The summed E-state index contributed by atoms with van der Waals surface area (Å²) >= 11 is 1.89. The zero-order chi connectivity index (χ0) is 14.8. The Morgan fingerprint density at radius 1 is 1.05 bits per heavy atom. The lowest BCUT2D eigenvalue weighted by Gasteiger charge is -2.31. The average molecular weight is 295 g/mol. The van der Waals surface area contributed by atoms with Crippen LogP contribution in [-0.2, 0) is 0 Å². The van der Waals surface area contributed by atoms with Crippen LogP contribution in [0.3, 0.4) is 0 Å². The number of hydrogen-bond donors (Lipinski definition) is 0. The molecule has 1 fully saturated rings. The maximum absolute atomic E-state index is 2.45. The fourth-order valence-electron chi connectivity index (χ4n) is 2.05. The zero-order valence-electron chi connectivity index (χ0n) is 13.6. The van der Waals surface area contributed by atoms with E-state index in [1.54, 1.807) is 0 Å². The van der Waals surface area contributed by atoms with Crippen molar-refractivity contribution in [3.05, 3.63) is 29.8 Å². The van der Waals surface area contributed by atoms with Crippen LogP contribution in [0.15, 0.2) is 29.2 Å². The van der Waals surface area contributed by atoms with Gasteiger partial charge in [-0.2, -0.15) is 0 Å². The van der Waals surface area contributed by atoms with Crippen LogP contribution in [-0.4, -0.2) is 42.4 Å². The topological polar surface area (TPSA) is 6.48 Å². The van der Waals surface area contributed by atoms with Crippen LogP contribution in [0.5, 0.6) is 0 Å². The van der Waals surface area contributed by atoms with E-state index in [0.717, 1.165) is 13.1 Å². The molecule has 1 heterocycles. The highest BCUT2D eigenvalue weighted by atomic mass is 32.2. The van der Waals surface area contributed by atoms with E-state index in [1.807, 2.05) is 11.9 Å². The van der Waals surface area contributed by atoms with Crippen molar-refractivity contribution in [2.24, 2.45) is 0 Å². The second-order valence-corrected chi connectivity index (χ2v) is 6.66. The molecule has 2 rings (SSSR count). The van der Waals surface area contributed by atoms with Gasteiger partial charge in [0.2, 0.25) is 0 Å². The molecule has 0 aliphatic carbocycles. The van der Waals surface area contributed by atoms with E-state index in [0.29, 0.717) is 0 Å². The van der Waals surface area contributed by atoms with Crippen LogP contribution in [0.1, 0.15) is 38.7 Å². The van der Waals surface area contributed by atoms with Crippen molar-refractivity contribution in [2.45, 2.75) is 44.9 Å². The van der Waals surface area contributed by atoms with Gasteiger partial charge in [0.15, 0.2) is 0 Å². The predicted molar refractivity (Wildman–Crippen MR) is 91.3 cm³/mol. The van der Waals surface area contributed by atoms with E-state index >= 15 is 0 Å². The molecule has 114 valence electrons. The molecule has 0 aromatic heterocycles. The molecule has 2 nitrogen and oxygen atoms in total. The van der Waals surface area contributed by atoms with Crippen LogP contribution in [0.2, 0.25) is 0 Å². The van der Waals surface area contributed by atoms with Crippen molar-refractivity contribution >= 4 is 11.9 Å². The Hall–Kier alpha value is -0.510. The number of unbranched alkanes of at least 4 members (excludes halogenated alkanes) is 2. The Bertz CT molecular complexity index is 358. The number of piperazine rings is 1. The molecular weight excluding hydrogens is 264 g/mol. The van der Waals surface area contributed by atoms with Gasteiger partial charge in [-0.25, -0.2) is 4.31 Å². The van der Waals surface area contributed by atoms with Gasteiger partial charge in [-0.1, -0.05) is 45.2 Å². The van der Waals surface area contributed by atoms with E-state index < -0.39 is 0 Å². The summed E-state index contributed by atoms with van der Waals surface area (Å²) in [6.07, 6.45) is 4.08. The molecule has 0 atom stereocenters. The normalized spacial score (nSPS) is 16.6. The lowest BCUT2D eigenvalue weighted by atomic mass is 10.2. The summed E-state index contributed by atoms with van der Waals surface area (Å²) in [5.41, 5.74) is 1.34. The fourth-order valence-corrected chi connectivity index (χ4v) is 3.08. The third-order valence-corrected chi connectivity index (χ3v) is 4.48. The molecule has 0 spiro atoms. The Labute approximate surface area is 129 Å². The SMILES string of the molecule is CCCCC.Cc1cccc(SN2CCN(C)CC2)c1. The van der Waals surface area contributed by atoms with Gasteiger partial charge in [-0.05, 0) is 43.6 Å². The molecule has 1 saturated heterocycles. The molecule has 3 heteroatoms. The maximum Gasteiger partial charge on any atom is 0.0232 e. The Balaban J connectivity index is 0.000000347. The van der Waals surface area contributed by atoms with E-state index in [2.05, 4.69) is 61.3 Å². The summed E-state index contributed by atoms with van der Waals surface area (Å²) in [6.45, 7) is 11.3. The van der Waals surface area contributed by atoms with Gasteiger partial charge in [0, 0.05) is 31.1 Å². The van der Waals surface area contributed by atoms with Crippen molar-refractivity contribution in [3.63, 3.8) is 0 Å². The highest BCUT2D eigenvalue weighted by molar-refractivity contribution is 7.97. The van der Waals surface area contributed by atoms with Gasteiger partial charge in [0.25, 0.3) is 0 Å². The predicted octanol–water partition coefficient (Wildman–Crippen LogP) is 4.45. The minimum Gasteiger partial charge on any atom is -0.304 e. The van der Waals surface area contributed by atoms with Crippen molar-refractivity contribution in [1.29, 1.82) is 0 Å². The second kappa shape index (κ2) is 10.3. The van der Waals surface area contributed by atoms with Gasteiger partial charge in [-0.3, -0.25) is 0 Å². The van der Waals surface area contributed by atoms with E-state index in [1.165, 1.54) is 42.8 Å². The van der Waals surface area contributed by atoms with Gasteiger partial charge in [0.1, 0.15) is 0 Å². The lowest BCUT2D eigenvalue weighted by Crippen LogP contribution is -2.40. The number of hydrogen-bond acceptors (Lipinski definition) is 3. The molecule has 0 radical (unpaired) electrons. The molecule has 0 saturated carbocycles. The summed E-state index contributed by atoms with van der Waals surface area (Å²) < 4.78 is 2.45. The van der Waals surface area contributed by atoms with E-state index in [-0.39, 0.29) is 0 Å². The molecule has 0 N–H and O–H groups in total. The molecular formula is C17H30N2S. The maximum atomic E-state index is 2.45. The van der Waals surface area contributed by atoms with Crippen molar-refractivity contribution in [1.82, 2.24) is 9.21 Å². The van der Waals surface area contributed by atoms with Gasteiger partial charge in [-0.15, -0.1) is 0 Å². The second-order valence-electron chi connectivity index (χ2n) is 5.49. The third-order valence-electron chi connectivity index (χ3n) is 3.39. The number of rotatable bonds is 4. The monoisotopic (exact) mass is 294 g/mol. The summed E-state index contributed by atoms with van der Waals surface area (Å²) in [5.74, 6) is 0. The molecule has 1 aliphatic heterocycles. The average Bonchev–Trinajstić information content (AvgIpc) is 2.43. The minimum atomic E-state index is 1.16. The first kappa shape index (κ1) is 17.5. The standard InChI is InChI=1S/C12H18N2S.C5H12/c1-11-4-3-5-12(10-11)15-14-8-6-13(2)7-9-14;1-3-5-4-2/h3-5,10H,6-9H2,1-2H3;3-5H2,1-2H3. The van der Waals surface area contributed by atoms with Crippen molar-refractivity contribution in [3.8, 4) is 0 Å². The first-order valence-corrected chi connectivity index (χ1v) is 8.61. The summed E-state index contributed by atoms with van der Waals surface area (Å²) in [7, 11) is 2.19. The molecule has 0 amide bonds. The zero-order valence-corrected chi connectivity index (χ0v) is 14.4. The van der Waals surface area contributed by atoms with Gasteiger partial charge < -0.3 is 4.90 Å². The Morgan fingerprint density at radius 3 is 2.20 bits per heavy atom. The summed E-state index contributed by atoms with van der Waals surface area (Å²) in [5, 5.41) is 0. The quantitative estimate of drug-likeness (QED) is 0.758. The number of benzene rings is 1. The molecule has 1 aromatic rings.